The minimum Gasteiger partial charge on any atom is -0.299 e. The van der Waals surface area contributed by atoms with Gasteiger partial charge in [0.15, 0.2) is 12.4 Å². The van der Waals surface area contributed by atoms with Crippen molar-refractivity contribution in [2.75, 3.05) is 7.05 Å². The molecule has 5 rings (SSSR count). The van der Waals surface area contributed by atoms with Crippen LogP contribution in [0.5, 0.6) is 0 Å². The Bertz CT molecular complexity index is 1440. The maximum absolute atomic E-state index is 3.33. The molecule has 0 saturated carbocycles. The van der Waals surface area contributed by atoms with E-state index < -0.39 is 0 Å². The molecule has 4 aromatic carbocycles. The van der Waals surface area contributed by atoms with E-state index in [1.165, 1.54) is 33.2 Å². The second kappa shape index (κ2) is 12.7. The van der Waals surface area contributed by atoms with Crippen LogP contribution in [0.4, 0.5) is 5.69 Å². The van der Waals surface area contributed by atoms with Crippen LogP contribution >= 0.6 is 0 Å². The third-order valence-corrected chi connectivity index (χ3v) is 5.93. The van der Waals surface area contributed by atoms with Crippen molar-refractivity contribution in [2.24, 2.45) is 7.05 Å². The fourth-order valence-electron chi connectivity index (χ4n) is 4.02. The molecular formula is C32H30N2Y. The summed E-state index contributed by atoms with van der Waals surface area (Å²) in [5.41, 5.74) is 7.26. The summed E-state index contributed by atoms with van der Waals surface area (Å²) in [5.74, 6) is 0. The van der Waals surface area contributed by atoms with E-state index >= 15 is 0 Å². The first kappa shape index (κ1) is 26.7. The number of benzene rings is 4. The molecule has 0 aliphatic carbocycles. The van der Waals surface area contributed by atoms with E-state index in [4.69, 9.17) is 0 Å². The van der Waals surface area contributed by atoms with Gasteiger partial charge in [0.2, 0.25) is 5.69 Å². The van der Waals surface area contributed by atoms with Crippen LogP contribution in [0.25, 0.3) is 22.0 Å². The van der Waals surface area contributed by atoms with Crippen LogP contribution in [-0.4, -0.2) is 17.8 Å². The maximum Gasteiger partial charge on any atom is 0.220 e. The average molecular weight is 532 g/mol. The van der Waals surface area contributed by atoms with Crippen LogP contribution in [0.15, 0.2) is 109 Å². The summed E-state index contributed by atoms with van der Waals surface area (Å²) in [6.07, 6.45) is 5.46. The summed E-state index contributed by atoms with van der Waals surface area (Å²) in [6.45, 7) is 4.25. The fraction of sp³-hybridized carbons (Fsp3) is 0.125. The van der Waals surface area contributed by atoms with Gasteiger partial charge in [0.1, 0.15) is 14.1 Å². The molecule has 0 unspecified atom stereocenters. The molecule has 0 saturated heterocycles. The van der Waals surface area contributed by atoms with Crippen molar-refractivity contribution in [1.82, 2.24) is 0 Å². The van der Waals surface area contributed by atoms with Crippen molar-refractivity contribution >= 4 is 22.7 Å². The van der Waals surface area contributed by atoms with Gasteiger partial charge in [-0.05, 0) is 30.0 Å². The Kier molecular flexibility index (Phi) is 9.66. The summed E-state index contributed by atoms with van der Waals surface area (Å²) in [7, 11) is 4.09. The third-order valence-electron chi connectivity index (χ3n) is 5.93. The zero-order valence-corrected chi connectivity index (χ0v) is 23.7. The summed E-state index contributed by atoms with van der Waals surface area (Å²) in [5, 5.41) is 2.59. The number of hydrogen-bond acceptors (Lipinski definition) is 0. The molecule has 0 aliphatic rings. The Morgan fingerprint density at radius 2 is 1.40 bits per heavy atom. The van der Waals surface area contributed by atoms with Crippen molar-refractivity contribution in [3.8, 4) is 11.3 Å². The topological polar surface area (TPSA) is 6.89 Å². The number of pyridine rings is 1. The van der Waals surface area contributed by atoms with Crippen LogP contribution in [0.1, 0.15) is 16.7 Å². The van der Waals surface area contributed by atoms with Gasteiger partial charge < -0.3 is 0 Å². The van der Waals surface area contributed by atoms with E-state index in [9.17, 15) is 0 Å². The first-order valence-electron chi connectivity index (χ1n) is 11.5. The molecule has 0 amide bonds. The second-order valence-electron chi connectivity index (χ2n) is 8.41. The Labute approximate surface area is 234 Å². The van der Waals surface area contributed by atoms with Gasteiger partial charge in [0, 0.05) is 50.0 Å². The molecule has 5 aromatic rings. The fourth-order valence-corrected chi connectivity index (χ4v) is 4.02. The molecule has 0 spiro atoms. The number of hydrogen-bond donors (Lipinski definition) is 0. The van der Waals surface area contributed by atoms with Gasteiger partial charge in [0.05, 0.1) is 5.39 Å². The molecule has 171 valence electrons. The zero-order chi connectivity index (χ0) is 23.9. The Morgan fingerprint density at radius 1 is 0.743 bits per heavy atom. The number of fused-ring (bicyclic) bond motifs is 1. The minimum absolute atomic E-state index is 0. The first-order chi connectivity index (χ1) is 16.5. The zero-order valence-electron chi connectivity index (χ0n) is 20.9. The van der Waals surface area contributed by atoms with Crippen LogP contribution in [0, 0.1) is 19.9 Å². The van der Waals surface area contributed by atoms with Crippen molar-refractivity contribution < 1.29 is 41.9 Å². The summed E-state index contributed by atoms with van der Waals surface area (Å²) >= 11 is 0. The van der Waals surface area contributed by atoms with E-state index in [-0.39, 0.29) is 32.7 Å². The van der Waals surface area contributed by atoms with E-state index in [1.54, 1.807) is 0 Å². The molecule has 0 aliphatic heterocycles. The van der Waals surface area contributed by atoms with E-state index in [0.717, 1.165) is 11.3 Å². The standard InChI is InChI=1S/C17H16N.C15H14N.Y/c1-13-7-3-5-9-15(13)17-16-10-6-4-8-14(16)11-12-18(17)2;1-13-8-6-7-9-14(13)12-16(2)15-10-4-3-5-11-15;/h3-12H,1-2H3;3-10H,1-2H3;/q+1;-1;. The predicted molar refractivity (Wildman–Crippen MR) is 142 cm³/mol. The minimum atomic E-state index is 0. The molecular weight excluding hydrogens is 501 g/mol. The van der Waals surface area contributed by atoms with Gasteiger partial charge in [0.25, 0.3) is 0 Å². The Balaban J connectivity index is 0.000000192. The predicted octanol–water partition coefficient (Wildman–Crippen LogP) is 6.70. The summed E-state index contributed by atoms with van der Waals surface area (Å²) in [6, 6.07) is 38.5. The molecule has 1 heterocycles. The molecule has 1 aromatic heterocycles. The number of nitrogens with zero attached hydrogens (tertiary/aromatic N) is 2. The molecule has 1 radical (unpaired) electrons. The van der Waals surface area contributed by atoms with Crippen LogP contribution in [0.3, 0.4) is 0 Å². The summed E-state index contributed by atoms with van der Waals surface area (Å²) in [4.78, 5) is 0. The van der Waals surface area contributed by atoms with Crippen LogP contribution in [-0.2, 0) is 39.8 Å². The Hall–Kier alpha value is -2.94. The van der Waals surface area contributed by atoms with Crippen molar-refractivity contribution in [2.45, 2.75) is 13.8 Å². The molecule has 35 heavy (non-hydrogen) atoms. The molecule has 2 nitrogen and oxygen atoms in total. The molecule has 0 bridgehead atoms. The SMILES string of the molecule is Cc1ccccc1-c1c2ccccc2cc[n+]1C.Cc1ccccc1[C-]=[N+](C)c1[c-]cccc1.[Y]. The van der Waals surface area contributed by atoms with Crippen LogP contribution < -0.4 is 4.57 Å². The third kappa shape index (κ3) is 6.60. The smallest absolute Gasteiger partial charge is 0.220 e. The molecule has 0 N–H and O–H groups in total. The second-order valence-corrected chi connectivity index (χ2v) is 8.41. The van der Waals surface area contributed by atoms with Gasteiger partial charge in [-0.2, -0.15) is 24.3 Å². The van der Waals surface area contributed by atoms with Gasteiger partial charge in [-0.1, -0.05) is 55.0 Å². The van der Waals surface area contributed by atoms with Gasteiger partial charge in [-0.3, -0.25) is 4.58 Å². The van der Waals surface area contributed by atoms with Crippen LogP contribution in [0.2, 0.25) is 0 Å². The van der Waals surface area contributed by atoms with E-state index in [2.05, 4.69) is 111 Å². The molecule has 0 fully saturated rings. The number of aromatic nitrogens is 1. The van der Waals surface area contributed by atoms with Crippen molar-refractivity contribution in [1.29, 1.82) is 0 Å². The normalized spacial score (nSPS) is 10.8. The average Bonchev–Trinajstić information content (AvgIpc) is 2.87. The number of rotatable bonds is 3. The summed E-state index contributed by atoms with van der Waals surface area (Å²) < 4.78 is 4.16. The van der Waals surface area contributed by atoms with Crippen molar-refractivity contribution in [3.63, 3.8) is 0 Å². The van der Waals surface area contributed by atoms with Gasteiger partial charge in [-0.25, -0.2) is 4.57 Å². The van der Waals surface area contributed by atoms with E-state index in [1.807, 2.05) is 48.0 Å². The number of para-hydroxylation sites is 1. The van der Waals surface area contributed by atoms with Gasteiger partial charge >= 0.3 is 0 Å². The quantitative estimate of drug-likeness (QED) is 0.139. The van der Waals surface area contributed by atoms with Crippen molar-refractivity contribution in [3.05, 3.63) is 132 Å². The maximum atomic E-state index is 3.33. The first-order valence-corrected chi connectivity index (χ1v) is 11.5. The Morgan fingerprint density at radius 3 is 2.11 bits per heavy atom. The van der Waals surface area contributed by atoms with Gasteiger partial charge in [-0.15, -0.1) is 29.8 Å². The largest absolute Gasteiger partial charge is 0.299 e. The number of aryl methyl sites for hydroxylation is 3. The molecule has 0 atom stereocenters. The monoisotopic (exact) mass is 531 g/mol. The molecule has 3 heteroatoms. The van der Waals surface area contributed by atoms with E-state index in [0.29, 0.717) is 0 Å².